The summed E-state index contributed by atoms with van der Waals surface area (Å²) in [6.07, 6.45) is 7.87. The van der Waals surface area contributed by atoms with Crippen molar-refractivity contribution in [3.05, 3.63) is 59.2 Å². The van der Waals surface area contributed by atoms with Crippen LogP contribution < -0.4 is 0 Å². The molecule has 0 fully saturated rings. The van der Waals surface area contributed by atoms with E-state index in [1.165, 1.54) is 16.7 Å². The Labute approximate surface area is 155 Å². The van der Waals surface area contributed by atoms with Crippen molar-refractivity contribution in [1.29, 1.82) is 5.26 Å². The lowest BCUT2D eigenvalue weighted by molar-refractivity contribution is 0.130. The standard InChI is InChI=1S/C24H35N/c1-19(2)12-11-13-20(3)16-17-22(21-14-9-8-10-15-21)24(6,7)23(4,5)18-25/h8-10,12,14-16,22H,11,13,17H2,1-7H3/b20-16-. The fourth-order valence-corrected chi connectivity index (χ4v) is 3.12. The molecule has 0 aliphatic rings. The van der Waals surface area contributed by atoms with Crippen molar-refractivity contribution >= 4 is 0 Å². The van der Waals surface area contributed by atoms with Gasteiger partial charge < -0.3 is 0 Å². The molecule has 25 heavy (non-hydrogen) atoms. The SMILES string of the molecule is CC(C)=CCC/C(C)=C\CC(c1ccccc1)C(C)(C)C(C)(C)C#N. The molecule has 0 saturated carbocycles. The third kappa shape index (κ3) is 5.89. The Bertz CT molecular complexity index is 634. The number of allylic oxidation sites excluding steroid dienone is 4. The molecule has 1 atom stereocenters. The smallest absolute Gasteiger partial charge is 0.0689 e. The molecule has 0 spiro atoms. The number of hydrogen-bond donors (Lipinski definition) is 0. The van der Waals surface area contributed by atoms with Crippen molar-refractivity contribution in [2.24, 2.45) is 10.8 Å². The summed E-state index contributed by atoms with van der Waals surface area (Å²) in [5, 5.41) is 9.70. The van der Waals surface area contributed by atoms with Crippen LogP contribution in [0.25, 0.3) is 0 Å². The van der Waals surface area contributed by atoms with E-state index in [1.807, 2.05) is 0 Å². The minimum Gasteiger partial charge on any atom is -0.198 e. The normalized spacial score (nSPS) is 13.9. The van der Waals surface area contributed by atoms with E-state index in [-0.39, 0.29) is 5.41 Å². The van der Waals surface area contributed by atoms with Gasteiger partial charge in [-0.3, -0.25) is 0 Å². The van der Waals surface area contributed by atoms with Crippen molar-refractivity contribution in [3.63, 3.8) is 0 Å². The van der Waals surface area contributed by atoms with Gasteiger partial charge in [0.15, 0.2) is 0 Å². The van der Waals surface area contributed by atoms with E-state index < -0.39 is 5.41 Å². The number of rotatable bonds is 8. The van der Waals surface area contributed by atoms with Gasteiger partial charge in [-0.15, -0.1) is 0 Å². The van der Waals surface area contributed by atoms with Gasteiger partial charge in [-0.2, -0.15) is 5.26 Å². The van der Waals surface area contributed by atoms with Crippen LogP contribution in [-0.4, -0.2) is 0 Å². The van der Waals surface area contributed by atoms with Crippen molar-refractivity contribution in [2.45, 2.75) is 73.6 Å². The van der Waals surface area contributed by atoms with Crippen LogP contribution in [0, 0.1) is 22.2 Å². The second kappa shape index (κ2) is 9.04. The second-order valence-electron chi connectivity index (χ2n) is 8.53. The summed E-state index contributed by atoms with van der Waals surface area (Å²) < 4.78 is 0. The highest BCUT2D eigenvalue weighted by molar-refractivity contribution is 5.25. The Balaban J connectivity index is 3.06. The van der Waals surface area contributed by atoms with E-state index in [0.29, 0.717) is 5.92 Å². The van der Waals surface area contributed by atoms with Crippen molar-refractivity contribution in [1.82, 2.24) is 0 Å². The number of nitrogens with zero attached hydrogens (tertiary/aromatic N) is 1. The van der Waals surface area contributed by atoms with Crippen LogP contribution in [0.4, 0.5) is 0 Å². The topological polar surface area (TPSA) is 23.8 Å². The van der Waals surface area contributed by atoms with Gasteiger partial charge in [0.25, 0.3) is 0 Å². The highest BCUT2D eigenvalue weighted by atomic mass is 14.5. The maximum absolute atomic E-state index is 9.70. The van der Waals surface area contributed by atoms with Crippen LogP contribution >= 0.6 is 0 Å². The summed E-state index contributed by atoms with van der Waals surface area (Å²) in [5.74, 6) is 0.321. The highest BCUT2D eigenvalue weighted by Gasteiger charge is 2.43. The summed E-state index contributed by atoms with van der Waals surface area (Å²) in [6, 6.07) is 13.2. The van der Waals surface area contributed by atoms with Gasteiger partial charge in [-0.1, -0.05) is 67.5 Å². The molecule has 0 aliphatic heterocycles. The van der Waals surface area contributed by atoms with Gasteiger partial charge in [0.1, 0.15) is 0 Å². The summed E-state index contributed by atoms with van der Waals surface area (Å²) >= 11 is 0. The Morgan fingerprint density at radius 3 is 2.16 bits per heavy atom. The van der Waals surface area contributed by atoms with Gasteiger partial charge in [0.05, 0.1) is 11.5 Å². The largest absolute Gasteiger partial charge is 0.198 e. The lowest BCUT2D eigenvalue weighted by Crippen LogP contribution is -2.37. The molecule has 1 nitrogen and oxygen atoms in total. The van der Waals surface area contributed by atoms with Crippen LogP contribution in [0.5, 0.6) is 0 Å². The monoisotopic (exact) mass is 337 g/mol. The molecular formula is C24H35N. The van der Waals surface area contributed by atoms with Crippen molar-refractivity contribution in [2.75, 3.05) is 0 Å². The fourth-order valence-electron chi connectivity index (χ4n) is 3.12. The number of benzene rings is 1. The number of hydrogen-bond acceptors (Lipinski definition) is 1. The zero-order valence-electron chi connectivity index (χ0n) is 17.2. The Hall–Kier alpha value is -1.81. The van der Waals surface area contributed by atoms with E-state index in [4.69, 9.17) is 0 Å². The summed E-state index contributed by atoms with van der Waals surface area (Å²) in [4.78, 5) is 0. The maximum atomic E-state index is 9.70. The van der Waals surface area contributed by atoms with E-state index >= 15 is 0 Å². The molecule has 0 saturated heterocycles. The second-order valence-corrected chi connectivity index (χ2v) is 8.53. The van der Waals surface area contributed by atoms with Gasteiger partial charge in [-0.25, -0.2) is 0 Å². The summed E-state index contributed by atoms with van der Waals surface area (Å²) in [5.41, 5.74) is 3.62. The predicted molar refractivity (Wildman–Crippen MR) is 109 cm³/mol. The molecular weight excluding hydrogens is 302 g/mol. The molecule has 0 N–H and O–H groups in total. The first kappa shape index (κ1) is 21.2. The van der Waals surface area contributed by atoms with E-state index in [2.05, 4.69) is 97.0 Å². The molecule has 1 heteroatoms. The first-order chi connectivity index (χ1) is 11.6. The van der Waals surface area contributed by atoms with Crippen LogP contribution in [0.3, 0.4) is 0 Å². The highest BCUT2D eigenvalue weighted by Crippen LogP contribution is 2.50. The Morgan fingerprint density at radius 2 is 1.64 bits per heavy atom. The lowest BCUT2D eigenvalue weighted by atomic mass is 9.59. The lowest BCUT2D eigenvalue weighted by Gasteiger charge is -2.43. The first-order valence-electron chi connectivity index (χ1n) is 9.37. The van der Waals surface area contributed by atoms with Crippen LogP contribution in [0.15, 0.2) is 53.6 Å². The van der Waals surface area contributed by atoms with E-state index in [9.17, 15) is 5.26 Å². The molecule has 1 aromatic carbocycles. The van der Waals surface area contributed by atoms with Gasteiger partial charge in [0, 0.05) is 0 Å². The third-order valence-electron chi connectivity index (χ3n) is 5.76. The molecule has 1 aromatic rings. The average molecular weight is 338 g/mol. The Kier molecular flexibility index (Phi) is 7.68. The molecule has 136 valence electrons. The zero-order valence-corrected chi connectivity index (χ0v) is 17.2. The molecule has 0 aromatic heterocycles. The van der Waals surface area contributed by atoms with Crippen LogP contribution in [0.1, 0.15) is 79.2 Å². The quantitative estimate of drug-likeness (QED) is 0.452. The fraction of sp³-hybridized carbons (Fsp3) is 0.542. The molecule has 0 radical (unpaired) electrons. The predicted octanol–water partition coefficient (Wildman–Crippen LogP) is 7.43. The minimum atomic E-state index is -0.392. The summed E-state index contributed by atoms with van der Waals surface area (Å²) in [7, 11) is 0. The van der Waals surface area contributed by atoms with E-state index in [1.54, 1.807) is 0 Å². The molecule has 1 unspecified atom stereocenters. The Morgan fingerprint density at radius 1 is 1.04 bits per heavy atom. The molecule has 1 rings (SSSR count). The van der Waals surface area contributed by atoms with Gasteiger partial charge in [-0.05, 0) is 70.8 Å². The molecule has 0 heterocycles. The summed E-state index contributed by atoms with van der Waals surface area (Å²) in [6.45, 7) is 15.1. The van der Waals surface area contributed by atoms with E-state index in [0.717, 1.165) is 19.3 Å². The first-order valence-corrected chi connectivity index (χ1v) is 9.37. The van der Waals surface area contributed by atoms with Gasteiger partial charge in [0.2, 0.25) is 0 Å². The minimum absolute atomic E-state index is 0.125. The zero-order chi connectivity index (χ0) is 19.1. The van der Waals surface area contributed by atoms with Crippen molar-refractivity contribution in [3.8, 4) is 6.07 Å². The van der Waals surface area contributed by atoms with Gasteiger partial charge >= 0.3 is 0 Å². The van der Waals surface area contributed by atoms with Crippen LogP contribution in [0.2, 0.25) is 0 Å². The maximum Gasteiger partial charge on any atom is 0.0689 e. The molecule has 0 bridgehead atoms. The van der Waals surface area contributed by atoms with Crippen molar-refractivity contribution < 1.29 is 0 Å². The third-order valence-corrected chi connectivity index (χ3v) is 5.76. The number of nitriles is 1. The average Bonchev–Trinajstić information content (AvgIpc) is 2.55. The molecule has 0 aliphatic carbocycles. The molecule has 0 amide bonds. The van der Waals surface area contributed by atoms with Crippen LogP contribution in [-0.2, 0) is 0 Å².